The molecule has 2 unspecified atom stereocenters. The Hall–Kier alpha value is -5.70. The van der Waals surface area contributed by atoms with Crippen LogP contribution < -0.4 is 15.2 Å². The van der Waals surface area contributed by atoms with E-state index in [1.54, 1.807) is 18.2 Å². The molecule has 270 valence electrons. The minimum atomic E-state index is -0.807. The van der Waals surface area contributed by atoms with E-state index >= 15 is 0 Å². The molecule has 0 aliphatic carbocycles. The predicted octanol–water partition coefficient (Wildman–Crippen LogP) is 7.97. The molecule has 11 nitrogen and oxygen atoms in total. The van der Waals surface area contributed by atoms with E-state index in [1.807, 2.05) is 86.9 Å². The Morgan fingerprint density at radius 2 is 1.43 bits per heavy atom. The van der Waals surface area contributed by atoms with Crippen LogP contribution in [0.1, 0.15) is 52.6 Å². The van der Waals surface area contributed by atoms with E-state index in [2.05, 4.69) is 33.9 Å². The van der Waals surface area contributed by atoms with Crippen molar-refractivity contribution in [3.05, 3.63) is 118 Å². The second-order valence-electron chi connectivity index (χ2n) is 12.2. The molecule has 6 rings (SSSR count). The summed E-state index contributed by atoms with van der Waals surface area (Å²) in [5.41, 5.74) is 9.75. The lowest BCUT2D eigenvalue weighted by atomic mass is 10.0. The van der Waals surface area contributed by atoms with Crippen molar-refractivity contribution >= 4 is 55.0 Å². The van der Waals surface area contributed by atoms with Gasteiger partial charge in [-0.3, -0.25) is 4.79 Å². The molecule has 0 radical (unpaired) electrons. The van der Waals surface area contributed by atoms with Gasteiger partial charge in [0.15, 0.2) is 10.0 Å². The molecule has 2 N–H and O–H groups in total. The largest absolute Gasteiger partial charge is 0.514 e. The van der Waals surface area contributed by atoms with Gasteiger partial charge >= 0.3 is 6.16 Å². The second-order valence-corrected chi connectivity index (χ2v) is 14.3. The maximum atomic E-state index is 12.2. The Balaban J connectivity index is 0.000000252. The number of benzene rings is 4. The number of carbonyl (C=O) groups is 2. The molecule has 0 spiro atoms. The highest BCUT2D eigenvalue weighted by atomic mass is 32.1. The van der Waals surface area contributed by atoms with Crippen molar-refractivity contribution in [3.63, 3.8) is 0 Å². The number of ether oxygens (including phenoxy) is 3. The van der Waals surface area contributed by atoms with Gasteiger partial charge in [0.1, 0.15) is 42.1 Å². The lowest BCUT2D eigenvalue weighted by molar-refractivity contribution is -0.118. The van der Waals surface area contributed by atoms with Crippen LogP contribution in [-0.2, 0) is 22.6 Å². The van der Waals surface area contributed by atoms with Crippen LogP contribution >= 0.6 is 22.7 Å². The van der Waals surface area contributed by atoms with Crippen LogP contribution in [0.5, 0.6) is 11.5 Å². The van der Waals surface area contributed by atoms with Crippen molar-refractivity contribution in [2.45, 2.75) is 44.9 Å². The number of aromatic nitrogens is 2. The fourth-order valence-electron chi connectivity index (χ4n) is 5.20. The number of thiazole rings is 2. The number of hydrogen-bond donors (Lipinski definition) is 1. The third-order valence-electron chi connectivity index (χ3n) is 8.19. The van der Waals surface area contributed by atoms with Crippen LogP contribution in [0.3, 0.4) is 0 Å². The van der Waals surface area contributed by atoms with Gasteiger partial charge in [-0.25, -0.2) is 14.8 Å². The first-order valence-corrected chi connectivity index (χ1v) is 18.4. The van der Waals surface area contributed by atoms with Gasteiger partial charge in [-0.1, -0.05) is 48.5 Å². The normalized spacial score (nSPS) is 11.9. The summed E-state index contributed by atoms with van der Waals surface area (Å²) in [4.78, 5) is 34.2. The maximum absolute atomic E-state index is 12.2. The molecule has 2 heterocycles. The molecule has 0 aliphatic heterocycles. The summed E-state index contributed by atoms with van der Waals surface area (Å²) < 4.78 is 18.6. The molecule has 53 heavy (non-hydrogen) atoms. The molecule has 6 aromatic rings. The summed E-state index contributed by atoms with van der Waals surface area (Å²) in [6.07, 6.45) is 0.749. The van der Waals surface area contributed by atoms with Crippen LogP contribution in [0.2, 0.25) is 0 Å². The Labute approximate surface area is 315 Å². The fourth-order valence-corrected chi connectivity index (χ4v) is 6.81. The third-order valence-corrected chi connectivity index (χ3v) is 10.0. The highest BCUT2D eigenvalue weighted by molar-refractivity contribution is 7.19. The van der Waals surface area contributed by atoms with E-state index in [-0.39, 0.29) is 24.5 Å². The number of likely N-dealkylation sites (N-methyl/N-ethyl adjacent to an activating group) is 1. The average molecular weight is 747 g/mol. The van der Waals surface area contributed by atoms with Crippen molar-refractivity contribution in [2.75, 3.05) is 20.6 Å². The van der Waals surface area contributed by atoms with E-state index in [9.17, 15) is 9.59 Å². The first kappa shape index (κ1) is 38.5. The van der Waals surface area contributed by atoms with Crippen LogP contribution in [0.15, 0.2) is 91.0 Å². The predicted molar refractivity (Wildman–Crippen MR) is 206 cm³/mol. The van der Waals surface area contributed by atoms with E-state index in [4.69, 9.17) is 30.5 Å². The molecular formula is C40H38N6O5S2. The molecule has 0 saturated carbocycles. The zero-order valence-electron chi connectivity index (χ0n) is 29.5. The lowest BCUT2D eigenvalue weighted by Crippen LogP contribution is -2.34. The molecule has 2 aromatic heterocycles. The van der Waals surface area contributed by atoms with Gasteiger partial charge in [0.25, 0.3) is 0 Å². The summed E-state index contributed by atoms with van der Waals surface area (Å²) in [6, 6.07) is 32.5. The zero-order valence-corrected chi connectivity index (χ0v) is 31.2. The number of nitriles is 2. The highest BCUT2D eigenvalue weighted by Crippen LogP contribution is 2.29. The highest BCUT2D eigenvalue weighted by Gasteiger charge is 2.23. The smallest absolute Gasteiger partial charge is 0.484 e. The first-order chi connectivity index (χ1) is 25.6. The summed E-state index contributed by atoms with van der Waals surface area (Å²) >= 11 is 2.59. The van der Waals surface area contributed by atoms with Gasteiger partial charge in [0, 0.05) is 24.9 Å². The average Bonchev–Trinajstić information content (AvgIpc) is 3.79. The molecule has 2 atom stereocenters. The lowest BCUT2D eigenvalue weighted by Gasteiger charge is -2.30. The number of nitrogens with two attached hydrogens (primary N) is 1. The SMILES string of the molecule is CC(C(Oc1ccc(COC(=O)Oc2ccc3nc(C#N)sc3c2)cc1)c1ccccc1)N(C)C.N#Cc1nc2ccc(CC(=O)CCCN)cc2s1. The first-order valence-electron chi connectivity index (χ1n) is 16.8. The Bertz CT molecular complexity index is 2240. The quantitative estimate of drug-likeness (QED) is 0.0900. The number of hydrogen-bond acceptors (Lipinski definition) is 13. The third kappa shape index (κ3) is 10.9. The number of nitrogens with zero attached hydrogens (tertiary/aromatic N) is 5. The maximum Gasteiger partial charge on any atom is 0.514 e. The minimum absolute atomic E-state index is 0.0662. The molecular weight excluding hydrogens is 709 g/mol. The Morgan fingerprint density at radius 1 is 0.830 bits per heavy atom. The van der Waals surface area contributed by atoms with Crippen molar-refractivity contribution in [3.8, 4) is 23.6 Å². The van der Waals surface area contributed by atoms with Gasteiger partial charge in [0.2, 0.25) is 0 Å². The second kappa shape index (κ2) is 18.7. The van der Waals surface area contributed by atoms with Crippen LogP contribution in [-0.4, -0.2) is 53.5 Å². The van der Waals surface area contributed by atoms with Crippen molar-refractivity contribution < 1.29 is 23.8 Å². The van der Waals surface area contributed by atoms with Gasteiger partial charge in [-0.2, -0.15) is 10.5 Å². The van der Waals surface area contributed by atoms with Crippen LogP contribution in [0, 0.1) is 22.7 Å². The van der Waals surface area contributed by atoms with E-state index in [0.29, 0.717) is 40.7 Å². The summed E-state index contributed by atoms with van der Waals surface area (Å²) in [5, 5.41) is 18.6. The number of fused-ring (bicyclic) bond motifs is 2. The van der Waals surface area contributed by atoms with Gasteiger partial charge in [0.05, 0.1) is 20.4 Å². The molecule has 0 saturated heterocycles. The monoisotopic (exact) mass is 746 g/mol. The van der Waals surface area contributed by atoms with Gasteiger partial charge < -0.3 is 24.8 Å². The molecule has 4 aromatic carbocycles. The van der Waals surface area contributed by atoms with E-state index in [0.717, 1.165) is 43.8 Å². The van der Waals surface area contributed by atoms with Crippen LogP contribution in [0.25, 0.3) is 20.4 Å². The molecule has 0 aliphatic rings. The summed E-state index contributed by atoms with van der Waals surface area (Å²) in [5.74, 6) is 1.26. The van der Waals surface area contributed by atoms with Crippen molar-refractivity contribution in [2.24, 2.45) is 5.73 Å². The minimum Gasteiger partial charge on any atom is -0.484 e. The van der Waals surface area contributed by atoms with E-state index in [1.165, 1.54) is 22.7 Å². The van der Waals surface area contributed by atoms with Crippen LogP contribution in [0.4, 0.5) is 4.79 Å². The number of Topliss-reactive ketones (excluding diaryl/α,β-unsaturated/α-hetero) is 1. The summed E-state index contributed by atoms with van der Waals surface area (Å²) in [7, 11) is 4.06. The fraction of sp³-hybridized carbons (Fsp3) is 0.250. The molecule has 0 amide bonds. The molecule has 13 heteroatoms. The Kier molecular flexibility index (Phi) is 13.6. The summed E-state index contributed by atoms with van der Waals surface area (Å²) in [6.45, 7) is 2.74. The van der Waals surface area contributed by atoms with Gasteiger partial charge in [-0.15, -0.1) is 22.7 Å². The van der Waals surface area contributed by atoms with Gasteiger partial charge in [-0.05, 0) is 87.1 Å². The molecule has 0 bridgehead atoms. The van der Waals surface area contributed by atoms with Crippen molar-refractivity contribution in [1.29, 1.82) is 10.5 Å². The van der Waals surface area contributed by atoms with Crippen molar-refractivity contribution in [1.82, 2.24) is 14.9 Å². The van der Waals surface area contributed by atoms with E-state index < -0.39 is 6.16 Å². The number of rotatable bonds is 13. The zero-order chi connectivity index (χ0) is 37.7. The number of carbonyl (C=O) groups excluding carboxylic acids is 2. The standard InChI is InChI=1S/C27H25N3O4S.C13H13N3OS/c1-18(30(2)3)26(20-7-5-4-6-8-20)33-21-11-9-19(10-12-21)17-32-27(31)34-22-13-14-23-24(15-22)35-25(16-28)29-23;14-5-1-2-10(17)6-9-3-4-11-12(7-9)18-13(8-15)16-11/h4-15,18,26H,17H2,1-3H3;3-4,7H,1-2,5-6,14H2. The Morgan fingerprint density at radius 3 is 2.06 bits per heavy atom. The molecule has 0 fully saturated rings. The number of ketones is 1. The topological polar surface area (TPSA) is 164 Å².